The van der Waals surface area contributed by atoms with Crippen LogP contribution in [-0.2, 0) is 13.6 Å². The molecule has 2 heterocycles. The van der Waals surface area contributed by atoms with Crippen molar-refractivity contribution in [2.75, 3.05) is 0 Å². The van der Waals surface area contributed by atoms with E-state index < -0.39 is 4.92 Å². The van der Waals surface area contributed by atoms with Gasteiger partial charge in [0.25, 0.3) is 11.2 Å². The summed E-state index contributed by atoms with van der Waals surface area (Å²) < 4.78 is 2.92. The molecule has 2 rings (SSSR count). The minimum absolute atomic E-state index is 0.0570. The summed E-state index contributed by atoms with van der Waals surface area (Å²) in [5, 5.41) is 14.8. The lowest BCUT2D eigenvalue weighted by Crippen LogP contribution is -2.20. The van der Waals surface area contributed by atoms with Gasteiger partial charge in [-0.1, -0.05) is 0 Å². The molecule has 0 aliphatic heterocycles. The zero-order valence-electron chi connectivity index (χ0n) is 10.0. The number of nitrogens with zero attached hydrogens (tertiary/aromatic N) is 4. The first-order valence-corrected chi connectivity index (χ1v) is 5.30. The Morgan fingerprint density at radius 1 is 1.44 bits per heavy atom. The molecule has 0 saturated heterocycles. The molecular formula is C11H12N4O3. The molecule has 94 valence electrons. The molecule has 0 radical (unpaired) electrons. The predicted molar refractivity (Wildman–Crippen MR) is 64.4 cm³/mol. The van der Waals surface area contributed by atoms with Crippen molar-refractivity contribution in [3.63, 3.8) is 0 Å². The molecule has 0 saturated carbocycles. The Labute approximate surface area is 102 Å². The maximum absolute atomic E-state index is 11.7. The third kappa shape index (κ3) is 2.29. The summed E-state index contributed by atoms with van der Waals surface area (Å²) >= 11 is 0. The van der Waals surface area contributed by atoms with Crippen LogP contribution in [0, 0.1) is 17.0 Å². The quantitative estimate of drug-likeness (QED) is 0.595. The lowest BCUT2D eigenvalue weighted by atomic mass is 10.2. The summed E-state index contributed by atoms with van der Waals surface area (Å²) in [6.07, 6.45) is 4.65. The van der Waals surface area contributed by atoms with E-state index in [2.05, 4.69) is 5.10 Å². The molecule has 0 aromatic carbocycles. The zero-order valence-corrected chi connectivity index (χ0v) is 10.0. The van der Waals surface area contributed by atoms with Gasteiger partial charge in [0.2, 0.25) is 0 Å². The van der Waals surface area contributed by atoms with E-state index in [0.29, 0.717) is 5.56 Å². The molecule has 0 atom stereocenters. The van der Waals surface area contributed by atoms with Gasteiger partial charge >= 0.3 is 0 Å². The van der Waals surface area contributed by atoms with E-state index in [1.807, 2.05) is 0 Å². The van der Waals surface area contributed by atoms with Crippen molar-refractivity contribution in [3.8, 4) is 0 Å². The SMILES string of the molecule is Cc1cc(=O)n(Cc2cnn(C)c2)cc1[N+](=O)[O-]. The molecule has 0 unspecified atom stereocenters. The summed E-state index contributed by atoms with van der Waals surface area (Å²) in [4.78, 5) is 22.1. The molecule has 0 aliphatic carbocycles. The van der Waals surface area contributed by atoms with Gasteiger partial charge in [0.15, 0.2) is 0 Å². The van der Waals surface area contributed by atoms with Crippen LogP contribution in [-0.4, -0.2) is 19.3 Å². The van der Waals surface area contributed by atoms with Gasteiger partial charge in [0, 0.05) is 30.4 Å². The third-order valence-electron chi connectivity index (χ3n) is 2.61. The van der Waals surface area contributed by atoms with E-state index in [0.717, 1.165) is 5.56 Å². The lowest BCUT2D eigenvalue weighted by Gasteiger charge is -2.04. The highest BCUT2D eigenvalue weighted by Gasteiger charge is 2.13. The number of pyridine rings is 1. The highest BCUT2D eigenvalue weighted by molar-refractivity contribution is 5.36. The summed E-state index contributed by atoms with van der Waals surface area (Å²) in [7, 11) is 1.77. The maximum Gasteiger partial charge on any atom is 0.288 e. The number of hydrogen-bond donors (Lipinski definition) is 0. The second kappa shape index (κ2) is 4.44. The minimum Gasteiger partial charge on any atom is -0.304 e. The van der Waals surface area contributed by atoms with Crippen molar-refractivity contribution in [2.24, 2.45) is 7.05 Å². The molecule has 7 nitrogen and oxygen atoms in total. The Morgan fingerprint density at radius 2 is 2.17 bits per heavy atom. The molecule has 7 heteroatoms. The van der Waals surface area contributed by atoms with Crippen molar-refractivity contribution < 1.29 is 4.92 Å². The Morgan fingerprint density at radius 3 is 2.72 bits per heavy atom. The largest absolute Gasteiger partial charge is 0.304 e. The monoisotopic (exact) mass is 248 g/mol. The van der Waals surface area contributed by atoms with E-state index in [4.69, 9.17) is 0 Å². The number of aryl methyl sites for hydroxylation is 2. The molecule has 0 N–H and O–H groups in total. The average molecular weight is 248 g/mol. The van der Waals surface area contributed by atoms with Crippen molar-refractivity contribution >= 4 is 5.69 Å². The molecule has 0 bridgehead atoms. The van der Waals surface area contributed by atoms with Gasteiger partial charge in [0.1, 0.15) is 0 Å². The molecule has 18 heavy (non-hydrogen) atoms. The zero-order chi connectivity index (χ0) is 13.3. The van der Waals surface area contributed by atoms with E-state index in [9.17, 15) is 14.9 Å². The fourth-order valence-corrected chi connectivity index (χ4v) is 1.72. The Bertz CT molecular complexity index is 657. The predicted octanol–water partition coefficient (Wildman–Crippen LogP) is 0.847. The second-order valence-electron chi connectivity index (χ2n) is 4.09. The summed E-state index contributed by atoms with van der Waals surface area (Å²) in [5.41, 5.74) is 0.866. The molecular weight excluding hydrogens is 236 g/mol. The van der Waals surface area contributed by atoms with Gasteiger partial charge < -0.3 is 4.57 Å². The fourth-order valence-electron chi connectivity index (χ4n) is 1.72. The summed E-state index contributed by atoms with van der Waals surface area (Å²) in [6, 6.07) is 1.27. The van der Waals surface area contributed by atoms with Gasteiger partial charge in [-0.05, 0) is 6.92 Å². The van der Waals surface area contributed by atoms with Crippen molar-refractivity contribution in [1.29, 1.82) is 0 Å². The highest BCUT2D eigenvalue weighted by atomic mass is 16.6. The Hall–Kier alpha value is -2.44. The van der Waals surface area contributed by atoms with Gasteiger partial charge in [-0.25, -0.2) is 0 Å². The smallest absolute Gasteiger partial charge is 0.288 e. The molecule has 0 amide bonds. The lowest BCUT2D eigenvalue weighted by molar-refractivity contribution is -0.385. The first-order chi connectivity index (χ1) is 8.47. The maximum atomic E-state index is 11.7. The van der Waals surface area contributed by atoms with Crippen LogP contribution in [0.2, 0.25) is 0 Å². The van der Waals surface area contributed by atoms with Crippen LogP contribution in [0.25, 0.3) is 0 Å². The van der Waals surface area contributed by atoms with Crippen LogP contribution >= 0.6 is 0 Å². The summed E-state index contributed by atoms with van der Waals surface area (Å²) in [5.74, 6) is 0. The normalized spacial score (nSPS) is 10.6. The Kier molecular flexibility index (Phi) is 2.97. The van der Waals surface area contributed by atoms with Crippen molar-refractivity contribution in [2.45, 2.75) is 13.5 Å². The topological polar surface area (TPSA) is 83.0 Å². The van der Waals surface area contributed by atoms with Crippen LogP contribution in [0.3, 0.4) is 0 Å². The van der Waals surface area contributed by atoms with Crippen LogP contribution in [0.1, 0.15) is 11.1 Å². The second-order valence-corrected chi connectivity index (χ2v) is 4.09. The molecule has 0 spiro atoms. The van der Waals surface area contributed by atoms with Gasteiger partial charge in [-0.15, -0.1) is 0 Å². The average Bonchev–Trinajstić information content (AvgIpc) is 2.67. The summed E-state index contributed by atoms with van der Waals surface area (Å²) in [6.45, 7) is 1.82. The standard InChI is InChI=1S/C11H12N4O3/c1-8-3-11(16)14(7-10(8)15(17)18)6-9-4-12-13(2)5-9/h3-5,7H,6H2,1-2H3. The minimum atomic E-state index is -0.492. The molecule has 2 aromatic heterocycles. The first-order valence-electron chi connectivity index (χ1n) is 5.30. The van der Waals surface area contributed by atoms with E-state index in [1.165, 1.54) is 16.8 Å². The number of hydrogen-bond acceptors (Lipinski definition) is 4. The van der Waals surface area contributed by atoms with Gasteiger partial charge in [0.05, 0.1) is 23.9 Å². The molecule has 2 aromatic rings. The third-order valence-corrected chi connectivity index (χ3v) is 2.61. The van der Waals surface area contributed by atoms with Crippen LogP contribution in [0.5, 0.6) is 0 Å². The fraction of sp³-hybridized carbons (Fsp3) is 0.273. The Balaban J connectivity index is 2.42. The van der Waals surface area contributed by atoms with Crippen LogP contribution < -0.4 is 5.56 Å². The van der Waals surface area contributed by atoms with Crippen LogP contribution in [0.4, 0.5) is 5.69 Å². The first kappa shape index (κ1) is 12.0. The van der Waals surface area contributed by atoms with Crippen molar-refractivity contribution in [3.05, 3.63) is 56.3 Å². The van der Waals surface area contributed by atoms with E-state index in [1.54, 1.807) is 31.0 Å². The van der Waals surface area contributed by atoms with Gasteiger partial charge in [-0.3, -0.25) is 19.6 Å². The van der Waals surface area contributed by atoms with E-state index in [-0.39, 0.29) is 17.8 Å². The number of nitro groups is 1. The van der Waals surface area contributed by atoms with Crippen LogP contribution in [0.15, 0.2) is 29.5 Å². The number of aromatic nitrogens is 3. The number of rotatable bonds is 3. The molecule has 0 fully saturated rings. The van der Waals surface area contributed by atoms with Gasteiger partial charge in [-0.2, -0.15) is 5.10 Å². The highest BCUT2D eigenvalue weighted by Crippen LogP contribution is 2.14. The van der Waals surface area contributed by atoms with E-state index >= 15 is 0 Å². The van der Waals surface area contributed by atoms with Crippen molar-refractivity contribution in [1.82, 2.24) is 14.3 Å². The molecule has 0 aliphatic rings.